The highest BCUT2D eigenvalue weighted by molar-refractivity contribution is 6.36. The zero-order valence-corrected chi connectivity index (χ0v) is 28.3. The number of hydrogen-bond acceptors (Lipinski definition) is 9. The lowest BCUT2D eigenvalue weighted by atomic mass is 10.0. The summed E-state index contributed by atoms with van der Waals surface area (Å²) in [5.41, 5.74) is 6.84. The minimum absolute atomic E-state index is 0.283. The van der Waals surface area contributed by atoms with Crippen LogP contribution in [0.2, 0.25) is 5.02 Å². The molecule has 7 rings (SSSR count). The fourth-order valence-electron chi connectivity index (χ4n) is 6.92. The maximum absolute atomic E-state index is 13.5. The number of hydrogen-bond donors (Lipinski definition) is 3. The van der Waals surface area contributed by atoms with E-state index in [9.17, 15) is 14.7 Å². The molecule has 1 aromatic carbocycles. The first-order chi connectivity index (χ1) is 23.1. The van der Waals surface area contributed by atoms with Gasteiger partial charge in [-0.25, -0.2) is 9.97 Å². The van der Waals surface area contributed by atoms with Crippen LogP contribution in [-0.2, 0) is 44.8 Å². The Kier molecular flexibility index (Phi) is 8.81. The molecule has 0 saturated carbocycles. The van der Waals surface area contributed by atoms with E-state index in [-0.39, 0.29) is 16.8 Å². The van der Waals surface area contributed by atoms with Crippen molar-refractivity contribution in [2.75, 3.05) is 43.5 Å². The van der Waals surface area contributed by atoms with Gasteiger partial charge in [-0.1, -0.05) is 23.7 Å². The third-order valence-corrected chi connectivity index (χ3v) is 10.0. The van der Waals surface area contributed by atoms with Crippen molar-refractivity contribution >= 4 is 34.8 Å². The van der Waals surface area contributed by atoms with E-state index < -0.39 is 6.10 Å². The highest BCUT2D eigenvalue weighted by Gasteiger charge is 2.32. The Morgan fingerprint density at radius 3 is 2.27 bits per heavy atom. The van der Waals surface area contributed by atoms with Gasteiger partial charge in [0.25, 0.3) is 11.8 Å². The van der Waals surface area contributed by atoms with E-state index in [1.807, 2.05) is 48.4 Å². The van der Waals surface area contributed by atoms with E-state index in [1.54, 1.807) is 19.2 Å². The summed E-state index contributed by atoms with van der Waals surface area (Å²) < 4.78 is 9.09. The topological polar surface area (TPSA) is 143 Å². The van der Waals surface area contributed by atoms with Crippen molar-refractivity contribution in [1.82, 2.24) is 33.9 Å². The Morgan fingerprint density at radius 2 is 1.62 bits per heavy atom. The Morgan fingerprint density at radius 1 is 0.979 bits per heavy atom. The average Bonchev–Trinajstić information content (AvgIpc) is 3.54. The van der Waals surface area contributed by atoms with Crippen LogP contribution < -0.4 is 10.6 Å². The molecule has 48 heavy (non-hydrogen) atoms. The van der Waals surface area contributed by atoms with Crippen molar-refractivity contribution < 1.29 is 19.4 Å². The second kappa shape index (κ2) is 13.1. The van der Waals surface area contributed by atoms with Crippen molar-refractivity contribution in [2.45, 2.75) is 51.9 Å². The molecule has 13 nitrogen and oxygen atoms in total. The maximum atomic E-state index is 13.5. The molecular formula is C34H40ClN9O4. The van der Waals surface area contributed by atoms with Gasteiger partial charge in [0.15, 0.2) is 11.6 Å². The summed E-state index contributed by atoms with van der Waals surface area (Å²) in [5, 5.41) is 16.1. The van der Waals surface area contributed by atoms with E-state index in [4.69, 9.17) is 21.3 Å². The van der Waals surface area contributed by atoms with Crippen LogP contribution >= 0.6 is 11.6 Å². The molecule has 252 valence electrons. The zero-order valence-electron chi connectivity index (χ0n) is 27.6. The van der Waals surface area contributed by atoms with Gasteiger partial charge in [-0.15, -0.1) is 0 Å². The molecule has 3 aliphatic heterocycles. The monoisotopic (exact) mass is 673 g/mol. The van der Waals surface area contributed by atoms with Crippen LogP contribution in [0.1, 0.15) is 56.5 Å². The van der Waals surface area contributed by atoms with Crippen LogP contribution in [0.25, 0.3) is 11.3 Å². The number of halogens is 1. The van der Waals surface area contributed by atoms with Crippen molar-refractivity contribution in [3.05, 3.63) is 75.5 Å². The van der Waals surface area contributed by atoms with E-state index in [0.717, 1.165) is 67.5 Å². The summed E-state index contributed by atoms with van der Waals surface area (Å²) in [7, 11) is 3.73. The van der Waals surface area contributed by atoms with Gasteiger partial charge in [0.1, 0.15) is 0 Å². The number of nitrogens with one attached hydrogen (secondary N) is 2. The van der Waals surface area contributed by atoms with Gasteiger partial charge in [0, 0.05) is 88.5 Å². The van der Waals surface area contributed by atoms with Gasteiger partial charge in [-0.2, -0.15) is 0 Å². The smallest absolute Gasteiger partial charge is 0.291 e. The van der Waals surface area contributed by atoms with Crippen LogP contribution in [0.5, 0.6) is 0 Å². The second-order valence-electron chi connectivity index (χ2n) is 12.9. The molecule has 2 amide bonds. The summed E-state index contributed by atoms with van der Waals surface area (Å²) in [4.78, 5) is 45.5. The number of imidazole rings is 2. The molecule has 1 fully saturated rings. The van der Waals surface area contributed by atoms with Crippen molar-refractivity contribution in [2.24, 2.45) is 14.1 Å². The number of benzene rings is 1. The fraction of sp³-hybridized carbons (Fsp3) is 0.441. The number of aliphatic hydroxyl groups excluding tert-OH is 1. The number of nitrogens with zero attached hydrogens (tertiary/aromatic N) is 7. The standard InChI is InChI=1S/C34H40ClN9O4/c1-19(45)14-43-12-9-27-25(15-43)37-31(41(27)3)33(46)39-23-7-5-6-22(20(23)2)30-29(35)24(8-11-36-30)40-34(47)32-38-26-16-44(21-17-48-18-21)13-10-28(26)42(32)4/h5-8,11,19,21,45H,9-10,12-18H2,1-4H3,(H,39,46)(H,36,40,47)/t19-/m0/s1. The normalized spacial score (nSPS) is 17.4. The van der Waals surface area contributed by atoms with Gasteiger partial charge in [0.2, 0.25) is 0 Å². The predicted molar refractivity (Wildman–Crippen MR) is 181 cm³/mol. The van der Waals surface area contributed by atoms with Crippen LogP contribution in [-0.4, -0.2) is 95.8 Å². The molecule has 3 N–H and O–H groups in total. The lowest BCUT2D eigenvalue weighted by molar-refractivity contribution is -0.0700. The number of ether oxygens (including phenoxy) is 1. The van der Waals surface area contributed by atoms with E-state index >= 15 is 0 Å². The number of aliphatic hydroxyl groups is 1. The average molecular weight is 674 g/mol. The first kappa shape index (κ1) is 32.4. The molecule has 3 aromatic heterocycles. The number of carbonyl (C=O) groups is 2. The molecule has 0 radical (unpaired) electrons. The van der Waals surface area contributed by atoms with E-state index in [1.165, 1.54) is 0 Å². The molecule has 6 heterocycles. The fourth-order valence-corrected chi connectivity index (χ4v) is 7.18. The lowest BCUT2D eigenvalue weighted by Gasteiger charge is -2.39. The zero-order chi connectivity index (χ0) is 33.7. The summed E-state index contributed by atoms with van der Waals surface area (Å²) in [6.45, 7) is 8.69. The van der Waals surface area contributed by atoms with Gasteiger partial charge in [-0.3, -0.25) is 24.4 Å². The molecule has 1 saturated heterocycles. The molecule has 0 spiro atoms. The Bertz CT molecular complexity index is 1900. The molecule has 4 aromatic rings. The van der Waals surface area contributed by atoms with Gasteiger partial charge < -0.3 is 29.6 Å². The first-order valence-corrected chi connectivity index (χ1v) is 16.6. The van der Waals surface area contributed by atoms with E-state index in [0.29, 0.717) is 60.0 Å². The third kappa shape index (κ3) is 6.01. The highest BCUT2D eigenvalue weighted by Crippen LogP contribution is 2.36. The number of anilines is 2. The molecule has 3 aliphatic rings. The Hall–Kier alpha value is -4.14. The van der Waals surface area contributed by atoms with Crippen molar-refractivity contribution in [3.63, 3.8) is 0 Å². The largest absolute Gasteiger partial charge is 0.392 e. The Labute approximate surface area is 283 Å². The van der Waals surface area contributed by atoms with Crippen LogP contribution in [0.15, 0.2) is 30.5 Å². The van der Waals surface area contributed by atoms with Crippen LogP contribution in [0.4, 0.5) is 11.4 Å². The number of aromatic nitrogens is 5. The predicted octanol–water partition coefficient (Wildman–Crippen LogP) is 3.18. The summed E-state index contributed by atoms with van der Waals surface area (Å²) >= 11 is 6.90. The first-order valence-electron chi connectivity index (χ1n) is 16.3. The number of fused-ring (bicyclic) bond motifs is 2. The Balaban J connectivity index is 1.08. The molecule has 0 bridgehead atoms. The molecule has 14 heteroatoms. The van der Waals surface area contributed by atoms with Crippen LogP contribution in [0, 0.1) is 6.92 Å². The number of pyridine rings is 1. The van der Waals surface area contributed by atoms with Crippen LogP contribution in [0.3, 0.4) is 0 Å². The van der Waals surface area contributed by atoms with Gasteiger partial charge >= 0.3 is 0 Å². The van der Waals surface area contributed by atoms with Gasteiger partial charge in [-0.05, 0) is 31.5 Å². The SMILES string of the molecule is Cc1c(NC(=O)c2nc3c(n2C)CCN(C[C@H](C)O)C3)cccc1-c1nccc(NC(=O)c2nc3c(n2C)CCN(C2COC2)C3)c1Cl. The quantitative estimate of drug-likeness (QED) is 0.257. The van der Waals surface area contributed by atoms with E-state index in [2.05, 4.69) is 30.4 Å². The van der Waals surface area contributed by atoms with Crippen molar-refractivity contribution in [1.29, 1.82) is 0 Å². The number of rotatable bonds is 8. The maximum Gasteiger partial charge on any atom is 0.291 e. The summed E-state index contributed by atoms with van der Waals surface area (Å²) in [5.74, 6) is -0.0240. The number of carbonyl (C=O) groups excluding carboxylic acids is 2. The van der Waals surface area contributed by atoms with Crippen molar-refractivity contribution in [3.8, 4) is 11.3 Å². The minimum atomic E-state index is -0.432. The summed E-state index contributed by atoms with van der Waals surface area (Å²) in [6, 6.07) is 7.61. The summed E-state index contributed by atoms with van der Waals surface area (Å²) in [6.07, 6.45) is 2.74. The number of β-amino-alcohol motifs (C(OH)–C–C–N with tert-alkyl or cyclic N) is 1. The lowest BCUT2D eigenvalue weighted by Crippen LogP contribution is -2.50. The highest BCUT2D eigenvalue weighted by atomic mass is 35.5. The number of amides is 2. The second-order valence-corrected chi connectivity index (χ2v) is 13.3. The minimum Gasteiger partial charge on any atom is -0.392 e. The van der Waals surface area contributed by atoms with Gasteiger partial charge in [0.05, 0.1) is 53.2 Å². The molecule has 1 atom stereocenters. The molecule has 0 aliphatic carbocycles. The molecular weight excluding hydrogens is 634 g/mol. The molecule has 0 unspecified atom stereocenters. The third-order valence-electron chi connectivity index (χ3n) is 9.66.